The van der Waals surface area contributed by atoms with Crippen LogP contribution >= 0.6 is 0 Å². The number of rotatable bonds is 5. The minimum Gasteiger partial charge on any atom is -0.478 e. The Hall–Kier alpha value is -2.71. The van der Waals surface area contributed by atoms with Crippen LogP contribution in [0.2, 0.25) is 0 Å². The second-order valence-corrected chi connectivity index (χ2v) is 5.69. The lowest BCUT2D eigenvalue weighted by atomic mass is 10.2. The Balaban J connectivity index is 2.32. The Labute approximate surface area is 126 Å². The molecule has 2 rings (SSSR count). The summed E-state index contributed by atoms with van der Waals surface area (Å²) in [4.78, 5) is 10.7. The lowest BCUT2D eigenvalue weighted by Gasteiger charge is -2.07. The first-order valence-electron chi connectivity index (χ1n) is 6.07. The van der Waals surface area contributed by atoms with Crippen LogP contribution in [0.15, 0.2) is 58.5 Å². The van der Waals surface area contributed by atoms with E-state index in [4.69, 9.17) is 9.66 Å². The molecule has 0 aliphatic carbocycles. The van der Waals surface area contributed by atoms with Gasteiger partial charge in [0.05, 0.1) is 22.4 Å². The molecule has 0 spiro atoms. The fraction of sp³-hybridized carbons (Fsp3) is 0. The van der Waals surface area contributed by atoms with Gasteiger partial charge in [0.15, 0.2) is 0 Å². The maximum absolute atomic E-state index is 11.1. The van der Waals surface area contributed by atoms with E-state index in [0.29, 0.717) is 0 Å². The third-order valence-corrected chi connectivity index (χ3v) is 3.57. The van der Waals surface area contributed by atoms with E-state index in [1.807, 2.05) is 18.2 Å². The van der Waals surface area contributed by atoms with Gasteiger partial charge in [0.2, 0.25) is 0 Å². The van der Waals surface area contributed by atoms with Gasteiger partial charge in [-0.05, 0) is 23.8 Å². The van der Waals surface area contributed by atoms with E-state index in [0.717, 1.165) is 23.8 Å². The average Bonchev–Trinajstić information content (AvgIpc) is 2.47. The number of hydrogen-bond acceptors (Lipinski definition) is 5. The normalized spacial score (nSPS) is 11.5. The number of carbonyl (C=O) groups is 1. The number of carboxylic acids is 1. The Morgan fingerprint density at radius 2 is 1.82 bits per heavy atom. The summed E-state index contributed by atoms with van der Waals surface area (Å²) in [6.07, 6.45) is 1.45. The third-order valence-electron chi connectivity index (χ3n) is 2.72. The van der Waals surface area contributed by atoms with Crippen molar-refractivity contribution in [1.82, 2.24) is 0 Å². The van der Waals surface area contributed by atoms with E-state index in [-0.39, 0.29) is 11.3 Å². The van der Waals surface area contributed by atoms with Crippen LogP contribution in [-0.4, -0.2) is 30.3 Å². The maximum Gasteiger partial charge on any atom is 0.337 e. The molecule has 0 heterocycles. The van der Waals surface area contributed by atoms with Crippen LogP contribution in [0.25, 0.3) is 0 Å². The molecule has 0 aliphatic heterocycles. The van der Waals surface area contributed by atoms with Gasteiger partial charge >= 0.3 is 5.97 Å². The van der Waals surface area contributed by atoms with Crippen molar-refractivity contribution < 1.29 is 22.9 Å². The second-order valence-electron chi connectivity index (χ2n) is 4.27. The van der Waals surface area contributed by atoms with Crippen LogP contribution in [0.3, 0.4) is 0 Å². The highest BCUT2D eigenvalue weighted by Gasteiger charge is 2.16. The van der Waals surface area contributed by atoms with Crippen LogP contribution in [0.5, 0.6) is 0 Å². The fourth-order valence-corrected chi connectivity index (χ4v) is 2.19. The van der Waals surface area contributed by atoms with Crippen molar-refractivity contribution in [1.29, 1.82) is 0 Å². The monoisotopic (exact) mass is 320 g/mol. The predicted octanol–water partition coefficient (Wildman–Crippen LogP) is 2.08. The molecular formula is C14H12N2O5S. The van der Waals surface area contributed by atoms with E-state index < -0.39 is 21.0 Å². The highest BCUT2D eigenvalue weighted by atomic mass is 32.2. The number of aromatic carboxylic acids is 1. The van der Waals surface area contributed by atoms with Crippen LogP contribution in [0, 0.1) is 0 Å². The Bertz CT molecular complexity index is 816. The molecule has 0 radical (unpaired) electrons. The highest BCUT2D eigenvalue weighted by Crippen LogP contribution is 2.21. The zero-order valence-electron chi connectivity index (χ0n) is 11.2. The number of hydrogen-bond donors (Lipinski definition) is 3. The molecule has 0 unspecified atom stereocenters. The van der Waals surface area contributed by atoms with Gasteiger partial charge < -0.3 is 5.11 Å². The van der Waals surface area contributed by atoms with E-state index in [1.54, 1.807) is 12.1 Å². The molecule has 7 nitrogen and oxygen atoms in total. The number of hydrazone groups is 1. The molecule has 2 aromatic carbocycles. The quantitative estimate of drug-likeness (QED) is 0.441. The van der Waals surface area contributed by atoms with Gasteiger partial charge in [-0.25, -0.2) is 4.79 Å². The number of anilines is 1. The summed E-state index contributed by atoms with van der Waals surface area (Å²) < 4.78 is 31.2. The molecule has 114 valence electrons. The zero-order chi connectivity index (χ0) is 16.2. The topological polar surface area (TPSA) is 116 Å². The lowest BCUT2D eigenvalue weighted by molar-refractivity contribution is 0.0697. The molecule has 0 amide bonds. The molecular weight excluding hydrogens is 308 g/mol. The summed E-state index contributed by atoms with van der Waals surface area (Å²) >= 11 is 0. The number of carboxylic acid groups (broad SMARTS) is 1. The van der Waals surface area contributed by atoms with Gasteiger partial charge in [-0.15, -0.1) is 0 Å². The SMILES string of the molecule is O=C(O)c1ccc(S(=O)(=O)O)cc1NN=Cc1ccccc1. The van der Waals surface area contributed by atoms with Gasteiger partial charge in [0.1, 0.15) is 0 Å². The predicted molar refractivity (Wildman–Crippen MR) is 80.9 cm³/mol. The molecule has 2 aromatic rings. The summed E-state index contributed by atoms with van der Waals surface area (Å²) in [5.74, 6) is -1.25. The van der Waals surface area contributed by atoms with Crippen molar-refractivity contribution in [2.24, 2.45) is 5.10 Å². The van der Waals surface area contributed by atoms with Crippen LogP contribution in [0.1, 0.15) is 15.9 Å². The van der Waals surface area contributed by atoms with Crippen molar-refractivity contribution in [3.05, 3.63) is 59.7 Å². The summed E-state index contributed by atoms with van der Waals surface area (Å²) in [6, 6.07) is 12.1. The number of nitrogens with zero attached hydrogens (tertiary/aromatic N) is 1. The summed E-state index contributed by atoms with van der Waals surface area (Å²) in [5.41, 5.74) is 3.03. The first-order chi connectivity index (χ1) is 10.4. The second kappa shape index (κ2) is 6.37. The highest BCUT2D eigenvalue weighted by molar-refractivity contribution is 7.85. The minimum atomic E-state index is -4.43. The molecule has 0 saturated carbocycles. The summed E-state index contributed by atoms with van der Waals surface area (Å²) in [6.45, 7) is 0. The van der Waals surface area contributed by atoms with Gasteiger partial charge in [-0.3, -0.25) is 9.98 Å². The summed E-state index contributed by atoms with van der Waals surface area (Å²) in [5, 5.41) is 12.9. The molecule has 3 N–H and O–H groups in total. The molecule has 0 aromatic heterocycles. The number of benzene rings is 2. The van der Waals surface area contributed by atoms with E-state index in [2.05, 4.69) is 10.5 Å². The van der Waals surface area contributed by atoms with Crippen LogP contribution < -0.4 is 5.43 Å². The van der Waals surface area contributed by atoms with E-state index in [1.165, 1.54) is 6.21 Å². The van der Waals surface area contributed by atoms with Gasteiger partial charge in [0.25, 0.3) is 10.1 Å². The minimum absolute atomic E-state index is 0.0465. The van der Waals surface area contributed by atoms with Crippen molar-refractivity contribution in [3.63, 3.8) is 0 Å². The molecule has 22 heavy (non-hydrogen) atoms. The molecule has 0 fully saturated rings. The Kier molecular flexibility index (Phi) is 4.54. The first-order valence-corrected chi connectivity index (χ1v) is 7.51. The van der Waals surface area contributed by atoms with E-state index >= 15 is 0 Å². The molecule has 8 heteroatoms. The molecule has 0 atom stereocenters. The maximum atomic E-state index is 11.1. The van der Waals surface area contributed by atoms with Gasteiger partial charge in [0, 0.05) is 0 Å². The van der Waals surface area contributed by atoms with Crippen molar-refractivity contribution in [3.8, 4) is 0 Å². The van der Waals surface area contributed by atoms with Gasteiger partial charge in [-0.1, -0.05) is 30.3 Å². The van der Waals surface area contributed by atoms with Crippen LogP contribution in [0.4, 0.5) is 5.69 Å². The third kappa shape index (κ3) is 3.90. The first kappa shape index (κ1) is 15.7. The number of nitrogens with one attached hydrogen (secondary N) is 1. The zero-order valence-corrected chi connectivity index (χ0v) is 12.0. The van der Waals surface area contributed by atoms with Crippen molar-refractivity contribution >= 4 is 28.0 Å². The Morgan fingerprint density at radius 3 is 2.41 bits per heavy atom. The molecule has 0 aliphatic rings. The van der Waals surface area contributed by atoms with Gasteiger partial charge in [-0.2, -0.15) is 13.5 Å². The van der Waals surface area contributed by atoms with E-state index in [9.17, 15) is 13.2 Å². The summed E-state index contributed by atoms with van der Waals surface area (Å²) in [7, 11) is -4.43. The van der Waals surface area contributed by atoms with Crippen LogP contribution in [-0.2, 0) is 10.1 Å². The molecule has 0 saturated heterocycles. The average molecular weight is 320 g/mol. The smallest absolute Gasteiger partial charge is 0.337 e. The fourth-order valence-electron chi connectivity index (χ4n) is 1.68. The van der Waals surface area contributed by atoms with Crippen molar-refractivity contribution in [2.75, 3.05) is 5.43 Å². The molecule has 0 bridgehead atoms. The van der Waals surface area contributed by atoms with Crippen molar-refractivity contribution in [2.45, 2.75) is 4.90 Å². The lowest BCUT2D eigenvalue weighted by Crippen LogP contribution is -2.06. The largest absolute Gasteiger partial charge is 0.478 e. The Morgan fingerprint density at radius 1 is 1.14 bits per heavy atom. The standard InChI is InChI=1S/C14H12N2O5S/c17-14(18)12-7-6-11(22(19,20)21)8-13(12)16-15-9-10-4-2-1-3-5-10/h1-9,16H,(H,17,18)(H,19,20,21).